The van der Waals surface area contributed by atoms with Crippen LogP contribution < -0.4 is 10.1 Å². The van der Waals surface area contributed by atoms with Gasteiger partial charge in [0, 0.05) is 6.04 Å². The molecule has 0 bridgehead atoms. The van der Waals surface area contributed by atoms with E-state index in [2.05, 4.69) is 43.4 Å². The summed E-state index contributed by atoms with van der Waals surface area (Å²) in [6, 6.07) is 9.25. The Morgan fingerprint density at radius 1 is 1.24 bits per heavy atom. The Bertz CT molecular complexity index is 460. The largest absolute Gasteiger partial charge is 0.490 e. The Balaban J connectivity index is 1.81. The summed E-state index contributed by atoms with van der Waals surface area (Å²) >= 11 is 0. The zero-order valence-electron chi connectivity index (χ0n) is 13.5. The van der Waals surface area contributed by atoms with Gasteiger partial charge in [-0.3, -0.25) is 0 Å². The molecule has 1 aromatic carbocycles. The molecule has 1 atom stereocenters. The van der Waals surface area contributed by atoms with Crippen molar-refractivity contribution in [2.24, 2.45) is 5.41 Å². The first-order valence-electron chi connectivity index (χ1n) is 8.71. The van der Waals surface area contributed by atoms with Crippen LogP contribution in [0.3, 0.4) is 0 Å². The minimum Gasteiger partial charge on any atom is -0.490 e. The van der Waals surface area contributed by atoms with E-state index in [-0.39, 0.29) is 0 Å². The second-order valence-corrected chi connectivity index (χ2v) is 7.10. The highest BCUT2D eigenvalue weighted by atomic mass is 16.5. The van der Waals surface area contributed by atoms with Gasteiger partial charge < -0.3 is 10.1 Å². The zero-order valence-corrected chi connectivity index (χ0v) is 13.5. The van der Waals surface area contributed by atoms with Crippen LogP contribution >= 0.6 is 0 Å². The molecule has 2 aliphatic carbocycles. The Morgan fingerprint density at radius 2 is 2.00 bits per heavy atom. The van der Waals surface area contributed by atoms with Crippen LogP contribution in [0.5, 0.6) is 5.75 Å². The monoisotopic (exact) mass is 287 g/mol. The number of hydrogen-bond donors (Lipinski definition) is 1. The van der Waals surface area contributed by atoms with E-state index in [9.17, 15) is 0 Å². The summed E-state index contributed by atoms with van der Waals surface area (Å²) in [6.45, 7) is 5.70. The number of hydrogen-bond acceptors (Lipinski definition) is 2. The summed E-state index contributed by atoms with van der Waals surface area (Å²) in [7, 11) is 0. The smallest absolute Gasteiger partial charge is 0.120 e. The molecule has 0 saturated heterocycles. The SMILES string of the molecule is CCNC(c1cccc(OC2CC2)c1)C1(C)CCCCC1. The van der Waals surface area contributed by atoms with Crippen molar-refractivity contribution in [2.75, 3.05) is 6.54 Å². The van der Waals surface area contributed by atoms with Crippen molar-refractivity contribution >= 4 is 0 Å². The lowest BCUT2D eigenvalue weighted by Gasteiger charge is -2.41. The van der Waals surface area contributed by atoms with Gasteiger partial charge in [0.2, 0.25) is 0 Å². The Hall–Kier alpha value is -1.02. The van der Waals surface area contributed by atoms with E-state index in [0.29, 0.717) is 17.6 Å². The van der Waals surface area contributed by atoms with E-state index in [1.54, 1.807) is 0 Å². The average Bonchev–Trinajstić information content (AvgIpc) is 3.29. The predicted octanol–water partition coefficient (Wildman–Crippen LogP) is 4.85. The minimum absolute atomic E-state index is 0.381. The normalized spacial score (nSPS) is 22.8. The van der Waals surface area contributed by atoms with Crippen LogP contribution in [0.4, 0.5) is 0 Å². The molecular weight excluding hydrogens is 258 g/mol. The van der Waals surface area contributed by atoms with Crippen LogP contribution in [-0.2, 0) is 0 Å². The van der Waals surface area contributed by atoms with Crippen LogP contribution in [-0.4, -0.2) is 12.6 Å². The van der Waals surface area contributed by atoms with Crippen molar-refractivity contribution in [3.8, 4) is 5.75 Å². The molecule has 0 aromatic heterocycles. The van der Waals surface area contributed by atoms with E-state index in [1.807, 2.05) is 0 Å². The molecule has 0 spiro atoms. The highest BCUT2D eigenvalue weighted by Gasteiger charge is 2.36. The minimum atomic E-state index is 0.381. The third-order valence-corrected chi connectivity index (χ3v) is 5.12. The van der Waals surface area contributed by atoms with Crippen molar-refractivity contribution in [3.63, 3.8) is 0 Å². The van der Waals surface area contributed by atoms with Crippen molar-refractivity contribution in [3.05, 3.63) is 29.8 Å². The fourth-order valence-corrected chi connectivity index (χ4v) is 3.76. The van der Waals surface area contributed by atoms with Gasteiger partial charge in [-0.1, -0.05) is 45.2 Å². The van der Waals surface area contributed by atoms with E-state index in [1.165, 1.54) is 50.5 Å². The highest BCUT2D eigenvalue weighted by Crippen LogP contribution is 2.46. The standard InChI is InChI=1S/C19H29NO/c1-3-20-18(19(2)12-5-4-6-13-19)15-8-7-9-17(14-15)21-16-10-11-16/h7-9,14,16,18,20H,3-6,10-13H2,1-2H3. The van der Waals surface area contributed by atoms with Crippen molar-refractivity contribution < 1.29 is 4.74 Å². The Kier molecular flexibility index (Phi) is 4.54. The van der Waals surface area contributed by atoms with E-state index >= 15 is 0 Å². The lowest BCUT2D eigenvalue weighted by atomic mass is 9.68. The van der Waals surface area contributed by atoms with Gasteiger partial charge >= 0.3 is 0 Å². The molecule has 116 valence electrons. The summed E-state index contributed by atoms with van der Waals surface area (Å²) in [5.41, 5.74) is 1.78. The molecule has 2 aliphatic rings. The van der Waals surface area contributed by atoms with Gasteiger partial charge in [-0.15, -0.1) is 0 Å². The third kappa shape index (κ3) is 3.60. The van der Waals surface area contributed by atoms with Crippen LogP contribution in [0.2, 0.25) is 0 Å². The van der Waals surface area contributed by atoms with Gasteiger partial charge in [-0.2, -0.15) is 0 Å². The van der Waals surface area contributed by atoms with Crippen molar-refractivity contribution in [2.45, 2.75) is 70.9 Å². The van der Waals surface area contributed by atoms with Gasteiger partial charge in [0.15, 0.2) is 0 Å². The van der Waals surface area contributed by atoms with Crippen LogP contribution in [0.1, 0.15) is 70.4 Å². The molecule has 0 amide bonds. The topological polar surface area (TPSA) is 21.3 Å². The molecular formula is C19H29NO. The Labute approximate surface area is 129 Å². The maximum absolute atomic E-state index is 5.99. The van der Waals surface area contributed by atoms with Gasteiger partial charge in [-0.05, 0) is 55.3 Å². The van der Waals surface area contributed by atoms with Gasteiger partial charge in [0.05, 0.1) is 6.10 Å². The lowest BCUT2D eigenvalue weighted by Crippen LogP contribution is -2.37. The number of ether oxygens (including phenoxy) is 1. The summed E-state index contributed by atoms with van der Waals surface area (Å²) in [5, 5.41) is 3.75. The van der Waals surface area contributed by atoms with E-state index < -0.39 is 0 Å². The van der Waals surface area contributed by atoms with Crippen molar-refractivity contribution in [1.29, 1.82) is 0 Å². The first-order valence-corrected chi connectivity index (χ1v) is 8.71. The molecule has 21 heavy (non-hydrogen) atoms. The lowest BCUT2D eigenvalue weighted by molar-refractivity contribution is 0.145. The number of rotatable bonds is 6. The maximum Gasteiger partial charge on any atom is 0.120 e. The second-order valence-electron chi connectivity index (χ2n) is 7.10. The van der Waals surface area contributed by atoms with Crippen LogP contribution in [0.15, 0.2) is 24.3 Å². The molecule has 1 unspecified atom stereocenters. The average molecular weight is 287 g/mol. The molecule has 2 fully saturated rings. The summed E-state index contributed by atoms with van der Waals surface area (Å²) < 4.78 is 5.99. The summed E-state index contributed by atoms with van der Waals surface area (Å²) in [6.07, 6.45) is 9.73. The van der Waals surface area contributed by atoms with E-state index in [0.717, 1.165) is 12.3 Å². The molecule has 1 aromatic rings. The van der Waals surface area contributed by atoms with Gasteiger partial charge in [0.1, 0.15) is 5.75 Å². The third-order valence-electron chi connectivity index (χ3n) is 5.12. The highest BCUT2D eigenvalue weighted by molar-refractivity contribution is 5.32. The molecule has 1 N–H and O–H groups in total. The zero-order chi connectivity index (χ0) is 14.7. The first-order chi connectivity index (χ1) is 10.2. The molecule has 3 rings (SSSR count). The number of nitrogens with one attached hydrogen (secondary N) is 1. The summed E-state index contributed by atoms with van der Waals surface area (Å²) in [5.74, 6) is 1.05. The molecule has 2 heteroatoms. The van der Waals surface area contributed by atoms with Gasteiger partial charge in [-0.25, -0.2) is 0 Å². The predicted molar refractivity (Wildman–Crippen MR) is 87.7 cm³/mol. The molecule has 0 radical (unpaired) electrons. The maximum atomic E-state index is 5.99. The van der Waals surface area contributed by atoms with E-state index in [4.69, 9.17) is 4.74 Å². The van der Waals surface area contributed by atoms with Crippen LogP contribution in [0.25, 0.3) is 0 Å². The fraction of sp³-hybridized carbons (Fsp3) is 0.684. The first kappa shape index (κ1) is 14.9. The molecule has 0 aliphatic heterocycles. The summed E-state index contributed by atoms with van der Waals surface area (Å²) in [4.78, 5) is 0. The van der Waals surface area contributed by atoms with Gasteiger partial charge in [0.25, 0.3) is 0 Å². The molecule has 2 saturated carbocycles. The molecule has 0 heterocycles. The van der Waals surface area contributed by atoms with Crippen LogP contribution in [0, 0.1) is 5.41 Å². The molecule has 2 nitrogen and oxygen atoms in total. The second kappa shape index (κ2) is 6.39. The number of benzene rings is 1. The fourth-order valence-electron chi connectivity index (χ4n) is 3.76. The Morgan fingerprint density at radius 3 is 2.67 bits per heavy atom. The van der Waals surface area contributed by atoms with Crippen molar-refractivity contribution in [1.82, 2.24) is 5.32 Å². The quantitative estimate of drug-likeness (QED) is 0.807.